The molecule has 5 nitrogen and oxygen atoms in total. The molecule has 1 aliphatic rings. The van der Waals surface area contributed by atoms with E-state index in [1.54, 1.807) is 11.8 Å². The van der Waals surface area contributed by atoms with Gasteiger partial charge in [0.1, 0.15) is 6.04 Å². The van der Waals surface area contributed by atoms with Crippen molar-refractivity contribution in [1.29, 1.82) is 0 Å². The van der Waals surface area contributed by atoms with Crippen molar-refractivity contribution in [3.8, 4) is 0 Å². The maximum atomic E-state index is 11.7. The van der Waals surface area contributed by atoms with E-state index in [2.05, 4.69) is 10.6 Å². The van der Waals surface area contributed by atoms with Crippen LogP contribution in [0.2, 0.25) is 0 Å². The summed E-state index contributed by atoms with van der Waals surface area (Å²) >= 11 is 1.58. The number of nitrogens with one attached hydrogen (secondary N) is 2. The SMILES string of the molecule is CSCC[C@H](NC(=O)C1CCNC1)C(=O)O. The lowest BCUT2D eigenvalue weighted by Crippen LogP contribution is -2.44. The Hall–Kier alpha value is -0.750. The molecule has 0 aliphatic carbocycles. The average molecular weight is 246 g/mol. The monoisotopic (exact) mass is 246 g/mol. The minimum Gasteiger partial charge on any atom is -0.480 e. The minimum atomic E-state index is -0.951. The molecule has 1 fully saturated rings. The summed E-state index contributed by atoms with van der Waals surface area (Å²) < 4.78 is 0. The Morgan fingerprint density at radius 2 is 2.38 bits per heavy atom. The number of aliphatic carboxylic acids is 1. The number of amides is 1. The minimum absolute atomic E-state index is 0.0730. The van der Waals surface area contributed by atoms with Gasteiger partial charge in [-0.2, -0.15) is 11.8 Å². The van der Waals surface area contributed by atoms with Gasteiger partial charge in [0.15, 0.2) is 0 Å². The highest BCUT2D eigenvalue weighted by atomic mass is 32.2. The molecule has 2 atom stereocenters. The first kappa shape index (κ1) is 13.3. The molecular formula is C10H18N2O3S. The lowest BCUT2D eigenvalue weighted by atomic mass is 10.1. The van der Waals surface area contributed by atoms with E-state index >= 15 is 0 Å². The van der Waals surface area contributed by atoms with Crippen molar-refractivity contribution in [3.05, 3.63) is 0 Å². The molecule has 1 saturated heterocycles. The van der Waals surface area contributed by atoms with Gasteiger partial charge >= 0.3 is 5.97 Å². The van der Waals surface area contributed by atoms with E-state index in [1.807, 2.05) is 6.26 Å². The highest BCUT2D eigenvalue weighted by Gasteiger charge is 2.26. The van der Waals surface area contributed by atoms with Crippen LogP contribution in [0.3, 0.4) is 0 Å². The van der Waals surface area contributed by atoms with Gasteiger partial charge in [0.25, 0.3) is 0 Å². The molecule has 3 N–H and O–H groups in total. The molecule has 0 saturated carbocycles. The lowest BCUT2D eigenvalue weighted by Gasteiger charge is -2.16. The molecule has 1 rings (SSSR count). The van der Waals surface area contributed by atoms with Crippen molar-refractivity contribution in [2.45, 2.75) is 18.9 Å². The molecule has 0 spiro atoms. The molecule has 0 radical (unpaired) electrons. The number of rotatable bonds is 6. The van der Waals surface area contributed by atoms with Crippen LogP contribution in [0.15, 0.2) is 0 Å². The molecule has 0 aromatic carbocycles. The molecule has 1 heterocycles. The predicted molar refractivity (Wildman–Crippen MR) is 63.5 cm³/mol. The summed E-state index contributed by atoms with van der Waals surface area (Å²) in [6, 6.07) is -0.749. The first-order valence-corrected chi connectivity index (χ1v) is 6.77. The zero-order chi connectivity index (χ0) is 12.0. The summed E-state index contributed by atoms with van der Waals surface area (Å²) in [6.07, 6.45) is 3.19. The summed E-state index contributed by atoms with van der Waals surface area (Å²) in [6.45, 7) is 1.49. The van der Waals surface area contributed by atoms with E-state index in [0.29, 0.717) is 13.0 Å². The summed E-state index contributed by atoms with van der Waals surface area (Å²) in [5, 5.41) is 14.6. The highest BCUT2D eigenvalue weighted by Crippen LogP contribution is 2.09. The number of carbonyl (C=O) groups excluding carboxylic acids is 1. The first-order chi connectivity index (χ1) is 7.65. The Morgan fingerprint density at radius 1 is 1.62 bits per heavy atom. The van der Waals surface area contributed by atoms with E-state index in [1.165, 1.54) is 0 Å². The van der Waals surface area contributed by atoms with E-state index < -0.39 is 12.0 Å². The van der Waals surface area contributed by atoms with Gasteiger partial charge in [0.2, 0.25) is 5.91 Å². The van der Waals surface area contributed by atoms with Crippen LogP contribution in [0, 0.1) is 5.92 Å². The second kappa shape index (κ2) is 6.75. The quantitative estimate of drug-likeness (QED) is 0.611. The molecule has 6 heteroatoms. The van der Waals surface area contributed by atoms with E-state index in [0.717, 1.165) is 18.7 Å². The van der Waals surface area contributed by atoms with Crippen LogP contribution in [0.1, 0.15) is 12.8 Å². The number of carboxylic acids is 1. The molecule has 1 aliphatic heterocycles. The van der Waals surface area contributed by atoms with Crippen LogP contribution in [-0.2, 0) is 9.59 Å². The van der Waals surface area contributed by atoms with Gasteiger partial charge in [-0.1, -0.05) is 0 Å². The fourth-order valence-electron chi connectivity index (χ4n) is 1.66. The predicted octanol–water partition coefficient (Wildman–Crippen LogP) is -0.0816. The standard InChI is InChI=1S/C10H18N2O3S/c1-16-5-3-8(10(14)15)12-9(13)7-2-4-11-6-7/h7-8,11H,2-6H2,1H3,(H,12,13)(H,14,15)/t7?,8-/m0/s1. The third-order valence-corrected chi connectivity index (χ3v) is 3.30. The third kappa shape index (κ3) is 4.02. The average Bonchev–Trinajstić information content (AvgIpc) is 2.76. The topological polar surface area (TPSA) is 78.4 Å². The molecule has 1 amide bonds. The van der Waals surface area contributed by atoms with Crippen LogP contribution in [0.4, 0.5) is 0 Å². The van der Waals surface area contributed by atoms with Crippen molar-refractivity contribution in [2.24, 2.45) is 5.92 Å². The molecule has 0 aromatic rings. The lowest BCUT2D eigenvalue weighted by molar-refractivity contribution is -0.142. The van der Waals surface area contributed by atoms with Gasteiger partial charge in [-0.25, -0.2) is 4.79 Å². The maximum absolute atomic E-state index is 11.7. The van der Waals surface area contributed by atoms with E-state index in [9.17, 15) is 9.59 Å². The van der Waals surface area contributed by atoms with Gasteiger partial charge in [-0.3, -0.25) is 4.79 Å². The van der Waals surface area contributed by atoms with Crippen LogP contribution in [0.5, 0.6) is 0 Å². The number of hydrogen-bond donors (Lipinski definition) is 3. The zero-order valence-electron chi connectivity index (χ0n) is 9.36. The number of hydrogen-bond acceptors (Lipinski definition) is 4. The molecule has 1 unspecified atom stereocenters. The Bertz CT molecular complexity index is 254. The third-order valence-electron chi connectivity index (χ3n) is 2.66. The van der Waals surface area contributed by atoms with Gasteiger partial charge in [-0.05, 0) is 31.4 Å². The molecular weight excluding hydrogens is 228 g/mol. The second-order valence-corrected chi connectivity index (χ2v) is 4.86. The Labute approximate surface area is 99.4 Å². The van der Waals surface area contributed by atoms with Crippen LogP contribution < -0.4 is 10.6 Å². The largest absolute Gasteiger partial charge is 0.480 e. The van der Waals surface area contributed by atoms with Gasteiger partial charge in [0, 0.05) is 6.54 Å². The molecule has 16 heavy (non-hydrogen) atoms. The summed E-state index contributed by atoms with van der Waals surface area (Å²) in [7, 11) is 0. The normalized spacial score (nSPS) is 21.7. The highest BCUT2D eigenvalue weighted by molar-refractivity contribution is 7.98. The first-order valence-electron chi connectivity index (χ1n) is 5.38. The van der Waals surface area contributed by atoms with Crippen molar-refractivity contribution >= 4 is 23.6 Å². The smallest absolute Gasteiger partial charge is 0.326 e. The maximum Gasteiger partial charge on any atom is 0.326 e. The van der Waals surface area contributed by atoms with Gasteiger partial charge in [0.05, 0.1) is 5.92 Å². The number of thioether (sulfide) groups is 1. The summed E-state index contributed by atoms with van der Waals surface area (Å²) in [4.78, 5) is 22.6. The van der Waals surface area contributed by atoms with Crippen molar-refractivity contribution in [1.82, 2.24) is 10.6 Å². The molecule has 0 aromatic heterocycles. The van der Waals surface area contributed by atoms with Crippen molar-refractivity contribution < 1.29 is 14.7 Å². The Morgan fingerprint density at radius 3 is 2.88 bits per heavy atom. The fourth-order valence-corrected chi connectivity index (χ4v) is 2.13. The van der Waals surface area contributed by atoms with Crippen LogP contribution >= 0.6 is 11.8 Å². The van der Waals surface area contributed by atoms with E-state index in [-0.39, 0.29) is 11.8 Å². The van der Waals surface area contributed by atoms with E-state index in [4.69, 9.17) is 5.11 Å². The summed E-state index contributed by atoms with van der Waals surface area (Å²) in [5.74, 6) is -0.428. The van der Waals surface area contributed by atoms with Gasteiger partial charge < -0.3 is 15.7 Å². The second-order valence-electron chi connectivity index (χ2n) is 3.87. The molecule has 0 bridgehead atoms. The van der Waals surface area contributed by atoms with Crippen molar-refractivity contribution in [3.63, 3.8) is 0 Å². The number of carboxylic acid groups (broad SMARTS) is 1. The van der Waals surface area contributed by atoms with Crippen LogP contribution in [0.25, 0.3) is 0 Å². The molecule has 92 valence electrons. The zero-order valence-corrected chi connectivity index (χ0v) is 10.2. The summed E-state index contributed by atoms with van der Waals surface area (Å²) in [5.41, 5.74) is 0. The van der Waals surface area contributed by atoms with Crippen molar-refractivity contribution in [2.75, 3.05) is 25.1 Å². The van der Waals surface area contributed by atoms with Crippen LogP contribution in [-0.4, -0.2) is 48.1 Å². The Balaban J connectivity index is 2.40. The Kier molecular flexibility index (Phi) is 5.62. The van der Waals surface area contributed by atoms with Gasteiger partial charge in [-0.15, -0.1) is 0 Å². The number of carbonyl (C=O) groups is 2. The fraction of sp³-hybridized carbons (Fsp3) is 0.800.